The van der Waals surface area contributed by atoms with E-state index in [-0.39, 0.29) is 17.2 Å². The standard InChI is InChI=1S/C28H30N2O5/c31-22-25-16-17-26(19-27(25)30(33)34)35-18-10-2-1-9-15-28(32)29(20-23-11-5-3-6-12-23)21-24-13-7-4-8-14-24/h3-8,11-14,16-17,19,22H,1-2,9-10,15,18,20-21H2. The molecule has 7 nitrogen and oxygen atoms in total. The molecule has 0 aliphatic carbocycles. The molecule has 35 heavy (non-hydrogen) atoms. The van der Waals surface area contributed by atoms with E-state index in [0.29, 0.717) is 38.2 Å². The molecule has 0 bridgehead atoms. The van der Waals surface area contributed by atoms with Gasteiger partial charge >= 0.3 is 0 Å². The Bertz CT molecular complexity index is 1060. The van der Waals surface area contributed by atoms with E-state index in [4.69, 9.17) is 4.74 Å². The van der Waals surface area contributed by atoms with Crippen LogP contribution in [0.15, 0.2) is 78.9 Å². The molecule has 3 aromatic carbocycles. The number of carbonyl (C=O) groups is 2. The van der Waals surface area contributed by atoms with Gasteiger partial charge in [-0.2, -0.15) is 0 Å². The first-order valence-corrected chi connectivity index (χ1v) is 11.8. The number of nitro benzene ring substituents is 1. The van der Waals surface area contributed by atoms with E-state index < -0.39 is 4.92 Å². The number of hydrogen-bond donors (Lipinski definition) is 0. The van der Waals surface area contributed by atoms with Gasteiger partial charge in [-0.1, -0.05) is 73.5 Å². The number of rotatable bonds is 14. The summed E-state index contributed by atoms with van der Waals surface area (Å²) in [5.74, 6) is 0.506. The van der Waals surface area contributed by atoms with Gasteiger partial charge in [0, 0.05) is 19.5 Å². The zero-order valence-corrected chi connectivity index (χ0v) is 19.7. The molecule has 7 heteroatoms. The molecule has 182 valence electrons. The highest BCUT2D eigenvalue weighted by Gasteiger charge is 2.15. The van der Waals surface area contributed by atoms with E-state index in [1.807, 2.05) is 65.6 Å². The van der Waals surface area contributed by atoms with Crippen LogP contribution >= 0.6 is 0 Å². The summed E-state index contributed by atoms with van der Waals surface area (Å²) < 4.78 is 5.60. The smallest absolute Gasteiger partial charge is 0.283 e. The number of amides is 1. The number of carbonyl (C=O) groups excluding carboxylic acids is 2. The van der Waals surface area contributed by atoms with E-state index in [2.05, 4.69) is 0 Å². The van der Waals surface area contributed by atoms with Crippen molar-refractivity contribution >= 4 is 17.9 Å². The summed E-state index contributed by atoms with van der Waals surface area (Å²) >= 11 is 0. The van der Waals surface area contributed by atoms with Crippen LogP contribution in [-0.2, 0) is 17.9 Å². The van der Waals surface area contributed by atoms with Crippen LogP contribution in [0.1, 0.15) is 53.6 Å². The van der Waals surface area contributed by atoms with E-state index in [1.54, 1.807) is 6.07 Å². The highest BCUT2D eigenvalue weighted by atomic mass is 16.6. The molecule has 0 unspecified atom stereocenters. The van der Waals surface area contributed by atoms with Crippen molar-refractivity contribution in [3.8, 4) is 5.75 Å². The number of hydrogen-bond acceptors (Lipinski definition) is 5. The third-order valence-electron chi connectivity index (χ3n) is 5.66. The molecular formula is C28H30N2O5. The lowest BCUT2D eigenvalue weighted by molar-refractivity contribution is -0.385. The van der Waals surface area contributed by atoms with Gasteiger partial charge in [0.25, 0.3) is 5.69 Å². The maximum absolute atomic E-state index is 13.0. The lowest BCUT2D eigenvalue weighted by Crippen LogP contribution is -2.29. The van der Waals surface area contributed by atoms with Gasteiger partial charge in [0.1, 0.15) is 5.75 Å². The molecule has 0 saturated carbocycles. The summed E-state index contributed by atoms with van der Waals surface area (Å²) in [6, 6.07) is 24.2. The summed E-state index contributed by atoms with van der Waals surface area (Å²) in [7, 11) is 0. The summed E-state index contributed by atoms with van der Waals surface area (Å²) in [5.41, 5.74) is 1.98. The van der Waals surface area contributed by atoms with Crippen LogP contribution in [0.4, 0.5) is 5.69 Å². The number of unbranched alkanes of at least 4 members (excludes halogenated alkanes) is 3. The third kappa shape index (κ3) is 8.37. The lowest BCUT2D eigenvalue weighted by Gasteiger charge is -2.23. The number of aldehydes is 1. The van der Waals surface area contributed by atoms with Crippen molar-refractivity contribution in [2.75, 3.05) is 6.61 Å². The molecule has 3 rings (SSSR count). The van der Waals surface area contributed by atoms with Crippen LogP contribution in [-0.4, -0.2) is 28.6 Å². The Balaban J connectivity index is 1.41. The van der Waals surface area contributed by atoms with Gasteiger partial charge in [-0.25, -0.2) is 0 Å². The SMILES string of the molecule is O=Cc1ccc(OCCCCCCC(=O)N(Cc2ccccc2)Cc2ccccc2)cc1[N+](=O)[O-]. The van der Waals surface area contributed by atoms with Crippen molar-refractivity contribution in [1.29, 1.82) is 0 Å². The predicted molar refractivity (Wildman–Crippen MR) is 134 cm³/mol. The Morgan fingerprint density at radius 2 is 1.46 bits per heavy atom. The molecule has 0 fully saturated rings. The largest absolute Gasteiger partial charge is 0.493 e. The first kappa shape index (κ1) is 25.6. The maximum atomic E-state index is 13.0. The topological polar surface area (TPSA) is 89.8 Å². The number of nitro groups is 1. The first-order valence-electron chi connectivity index (χ1n) is 11.8. The molecule has 0 aliphatic rings. The summed E-state index contributed by atoms with van der Waals surface area (Å²) in [4.78, 5) is 36.3. The molecule has 0 atom stereocenters. The Hall–Kier alpha value is -4.00. The minimum atomic E-state index is -0.591. The molecule has 0 heterocycles. The van der Waals surface area contributed by atoms with Crippen LogP contribution < -0.4 is 4.74 Å². The average Bonchev–Trinajstić information content (AvgIpc) is 2.88. The molecule has 0 N–H and O–H groups in total. The van der Waals surface area contributed by atoms with Crippen LogP contribution in [0.25, 0.3) is 0 Å². The van der Waals surface area contributed by atoms with E-state index in [9.17, 15) is 19.7 Å². The van der Waals surface area contributed by atoms with Crippen molar-refractivity contribution in [2.45, 2.75) is 45.2 Å². The van der Waals surface area contributed by atoms with Gasteiger partial charge < -0.3 is 9.64 Å². The number of nitrogens with zero attached hydrogens (tertiary/aromatic N) is 2. The van der Waals surface area contributed by atoms with Crippen LogP contribution in [0, 0.1) is 10.1 Å². The molecule has 0 radical (unpaired) electrons. The highest BCUT2D eigenvalue weighted by molar-refractivity contribution is 5.81. The second kappa shape index (κ2) is 13.6. The molecule has 3 aromatic rings. The van der Waals surface area contributed by atoms with Crippen molar-refractivity contribution in [3.05, 3.63) is 106 Å². The quantitative estimate of drug-likeness (QED) is 0.124. The van der Waals surface area contributed by atoms with Crippen molar-refractivity contribution in [1.82, 2.24) is 4.90 Å². The minimum absolute atomic E-state index is 0.0283. The molecule has 0 saturated heterocycles. The van der Waals surface area contributed by atoms with Gasteiger partial charge in [-0.15, -0.1) is 0 Å². The van der Waals surface area contributed by atoms with E-state index in [0.717, 1.165) is 36.8 Å². The Morgan fingerprint density at radius 3 is 2.03 bits per heavy atom. The number of benzene rings is 3. The van der Waals surface area contributed by atoms with Gasteiger partial charge in [-0.05, 0) is 36.1 Å². The van der Waals surface area contributed by atoms with Gasteiger partial charge in [-0.3, -0.25) is 19.7 Å². The Morgan fingerprint density at radius 1 is 0.857 bits per heavy atom. The zero-order chi connectivity index (χ0) is 24.9. The van der Waals surface area contributed by atoms with E-state index >= 15 is 0 Å². The maximum Gasteiger partial charge on any atom is 0.283 e. The number of ether oxygens (including phenoxy) is 1. The summed E-state index contributed by atoms with van der Waals surface area (Å²) in [6.07, 6.45) is 4.29. The first-order chi connectivity index (χ1) is 17.1. The second-order valence-corrected chi connectivity index (χ2v) is 8.33. The minimum Gasteiger partial charge on any atom is -0.493 e. The Kier molecular flexibility index (Phi) is 9.99. The molecule has 0 aromatic heterocycles. The second-order valence-electron chi connectivity index (χ2n) is 8.33. The van der Waals surface area contributed by atoms with Crippen LogP contribution in [0.2, 0.25) is 0 Å². The normalized spacial score (nSPS) is 10.5. The summed E-state index contributed by atoms with van der Waals surface area (Å²) in [6.45, 7) is 1.58. The van der Waals surface area contributed by atoms with Gasteiger partial charge in [0.15, 0.2) is 6.29 Å². The molecule has 0 aliphatic heterocycles. The van der Waals surface area contributed by atoms with Crippen LogP contribution in [0.3, 0.4) is 0 Å². The zero-order valence-electron chi connectivity index (χ0n) is 19.7. The molecular weight excluding hydrogens is 444 g/mol. The Labute approximate surface area is 205 Å². The predicted octanol–water partition coefficient (Wildman–Crippen LogP) is 5.97. The fourth-order valence-corrected chi connectivity index (χ4v) is 3.79. The van der Waals surface area contributed by atoms with Crippen molar-refractivity contribution < 1.29 is 19.2 Å². The van der Waals surface area contributed by atoms with Gasteiger partial charge in [0.05, 0.1) is 23.2 Å². The van der Waals surface area contributed by atoms with E-state index in [1.165, 1.54) is 12.1 Å². The lowest BCUT2D eigenvalue weighted by atomic mass is 10.1. The highest BCUT2D eigenvalue weighted by Crippen LogP contribution is 2.23. The third-order valence-corrected chi connectivity index (χ3v) is 5.66. The van der Waals surface area contributed by atoms with Crippen LogP contribution in [0.5, 0.6) is 5.75 Å². The van der Waals surface area contributed by atoms with Crippen molar-refractivity contribution in [2.24, 2.45) is 0 Å². The summed E-state index contributed by atoms with van der Waals surface area (Å²) in [5, 5.41) is 11.0. The monoisotopic (exact) mass is 474 g/mol. The molecule has 1 amide bonds. The van der Waals surface area contributed by atoms with Crippen molar-refractivity contribution in [3.63, 3.8) is 0 Å². The average molecular weight is 475 g/mol. The fourth-order valence-electron chi connectivity index (χ4n) is 3.79. The fraction of sp³-hybridized carbons (Fsp3) is 0.286. The molecule has 0 spiro atoms. The van der Waals surface area contributed by atoms with Gasteiger partial charge in [0.2, 0.25) is 5.91 Å².